The molecule has 1 aliphatic heterocycles. The number of hydrogen-bond donors (Lipinski definition) is 3. The van der Waals surface area contributed by atoms with Crippen molar-refractivity contribution in [1.82, 2.24) is 10.6 Å². The Morgan fingerprint density at radius 1 is 1.36 bits per heavy atom. The Hall–Kier alpha value is -2.23. The molecule has 1 saturated heterocycles. The fraction of sp³-hybridized carbons (Fsp3) is 0.632. The number of nitroso groups, excluding NO2 is 1. The monoisotopic (exact) mass is 394 g/mol. The molecule has 28 heavy (non-hydrogen) atoms. The van der Waals surface area contributed by atoms with Crippen LogP contribution in [0.5, 0.6) is 11.5 Å². The first-order chi connectivity index (χ1) is 13.7. The largest absolute Gasteiger partial charge is 0.493 e. The van der Waals surface area contributed by atoms with Crippen molar-refractivity contribution in [2.75, 3.05) is 33.4 Å². The fourth-order valence-corrected chi connectivity index (χ4v) is 2.93. The van der Waals surface area contributed by atoms with Crippen LogP contribution in [0.1, 0.15) is 37.7 Å². The van der Waals surface area contributed by atoms with Gasteiger partial charge in [0.05, 0.1) is 13.7 Å². The number of nitrogens with zero attached hydrogens (tertiary/aromatic N) is 1. The zero-order valence-corrected chi connectivity index (χ0v) is 16.4. The van der Waals surface area contributed by atoms with Crippen molar-refractivity contribution in [2.24, 2.45) is 10.9 Å². The normalized spacial score (nSPS) is 16.4. The van der Waals surface area contributed by atoms with Crippen LogP contribution in [0.3, 0.4) is 0 Å². The second-order valence-corrected chi connectivity index (χ2v) is 6.55. The van der Waals surface area contributed by atoms with Gasteiger partial charge in [-0.1, -0.05) is 0 Å². The van der Waals surface area contributed by atoms with E-state index in [2.05, 4.69) is 15.8 Å². The van der Waals surface area contributed by atoms with Crippen LogP contribution < -0.4 is 25.8 Å². The average Bonchev–Trinajstić information content (AvgIpc) is 2.74. The summed E-state index contributed by atoms with van der Waals surface area (Å²) in [5.74, 6) is 0.876. The zero-order valence-electron chi connectivity index (χ0n) is 16.4. The van der Waals surface area contributed by atoms with E-state index in [-0.39, 0.29) is 12.1 Å². The number of carbonyl (C=O) groups is 1. The number of nitrogens with two attached hydrogens (primary N) is 1. The van der Waals surface area contributed by atoms with Gasteiger partial charge in [-0.05, 0) is 42.5 Å². The summed E-state index contributed by atoms with van der Waals surface area (Å²) in [5, 5.41) is 9.11. The third-order valence-electron chi connectivity index (χ3n) is 4.44. The van der Waals surface area contributed by atoms with Gasteiger partial charge in [0.1, 0.15) is 11.9 Å². The van der Waals surface area contributed by atoms with Gasteiger partial charge in [0.25, 0.3) is 0 Å². The highest BCUT2D eigenvalue weighted by atomic mass is 16.5. The van der Waals surface area contributed by atoms with Gasteiger partial charge >= 0.3 is 0 Å². The van der Waals surface area contributed by atoms with E-state index in [9.17, 15) is 9.70 Å². The maximum Gasteiger partial charge on any atom is 0.220 e. The van der Waals surface area contributed by atoms with Crippen molar-refractivity contribution in [1.29, 1.82) is 0 Å². The van der Waals surface area contributed by atoms with Crippen LogP contribution in [0.4, 0.5) is 5.69 Å². The maximum atomic E-state index is 11.6. The van der Waals surface area contributed by atoms with Gasteiger partial charge in [0.2, 0.25) is 5.91 Å². The second-order valence-electron chi connectivity index (χ2n) is 6.55. The average molecular weight is 394 g/mol. The lowest BCUT2D eigenvalue weighted by atomic mass is 10.1. The summed E-state index contributed by atoms with van der Waals surface area (Å²) < 4.78 is 16.7. The van der Waals surface area contributed by atoms with Crippen LogP contribution in [-0.2, 0) is 16.1 Å². The van der Waals surface area contributed by atoms with Gasteiger partial charge < -0.3 is 25.3 Å². The molecule has 1 fully saturated rings. The van der Waals surface area contributed by atoms with E-state index in [1.54, 1.807) is 12.1 Å². The topological polar surface area (TPSA) is 124 Å². The Bertz CT molecular complexity index is 635. The minimum absolute atomic E-state index is 0.0133. The molecule has 1 aromatic rings. The van der Waals surface area contributed by atoms with Crippen LogP contribution in [0.25, 0.3) is 0 Å². The lowest BCUT2D eigenvalue weighted by Crippen LogP contribution is -2.34. The lowest BCUT2D eigenvalue weighted by molar-refractivity contribution is -0.121. The highest BCUT2D eigenvalue weighted by Crippen LogP contribution is 2.35. The Balaban J connectivity index is 1.91. The Kier molecular flexibility index (Phi) is 9.67. The third kappa shape index (κ3) is 7.06. The molecule has 0 spiro atoms. The summed E-state index contributed by atoms with van der Waals surface area (Å²) in [4.78, 5) is 22.8. The number of carbonyl (C=O) groups excluding carboxylic acids is 1. The van der Waals surface area contributed by atoms with Crippen LogP contribution in [0, 0.1) is 4.91 Å². The molecule has 0 aromatic heterocycles. The highest BCUT2D eigenvalue weighted by molar-refractivity contribution is 5.75. The molecule has 1 amide bonds. The molecule has 9 nitrogen and oxygen atoms in total. The molecule has 4 N–H and O–H groups in total. The van der Waals surface area contributed by atoms with Gasteiger partial charge in [0.15, 0.2) is 11.5 Å². The van der Waals surface area contributed by atoms with Crippen molar-refractivity contribution in [3.63, 3.8) is 0 Å². The molecule has 9 heteroatoms. The molecule has 0 saturated carbocycles. The van der Waals surface area contributed by atoms with Crippen molar-refractivity contribution in [3.8, 4) is 11.5 Å². The minimum Gasteiger partial charge on any atom is -0.493 e. The first kappa shape index (κ1) is 22.1. The van der Waals surface area contributed by atoms with Crippen LogP contribution in [-0.4, -0.2) is 45.5 Å². The summed E-state index contributed by atoms with van der Waals surface area (Å²) in [5.41, 5.74) is 6.35. The number of amides is 1. The number of nitrogens with one attached hydrogen (secondary N) is 2. The Labute approximate surface area is 165 Å². The van der Waals surface area contributed by atoms with E-state index in [4.69, 9.17) is 19.9 Å². The van der Waals surface area contributed by atoms with Gasteiger partial charge in [-0.25, -0.2) is 0 Å². The summed E-state index contributed by atoms with van der Waals surface area (Å²) in [6, 6.07) is 3.31. The zero-order chi connectivity index (χ0) is 20.2. The SMILES string of the molecule is COc1cc(CNC2CCCCO2)c(N=O)cc1OCCCC(=O)NCCN. The Morgan fingerprint density at radius 3 is 2.89 bits per heavy atom. The van der Waals surface area contributed by atoms with Crippen molar-refractivity contribution >= 4 is 11.6 Å². The molecule has 2 rings (SSSR count). The number of ether oxygens (including phenoxy) is 3. The standard InChI is InChI=1S/C19H30N4O5/c1-26-16-11-14(13-22-19-6-2-3-9-28-19)15(23-25)12-17(16)27-10-4-5-18(24)21-8-7-20/h11-12,19,22H,2-10,13,20H2,1H3,(H,21,24). The van der Waals surface area contributed by atoms with Crippen molar-refractivity contribution < 1.29 is 19.0 Å². The van der Waals surface area contributed by atoms with Gasteiger partial charge in [0, 0.05) is 38.7 Å². The molecule has 1 atom stereocenters. The van der Waals surface area contributed by atoms with Crippen LogP contribution >= 0.6 is 0 Å². The summed E-state index contributed by atoms with van der Waals surface area (Å²) in [6.07, 6.45) is 4.00. The van der Waals surface area contributed by atoms with Crippen molar-refractivity contribution in [2.45, 2.75) is 44.9 Å². The van der Waals surface area contributed by atoms with Crippen LogP contribution in [0.2, 0.25) is 0 Å². The van der Waals surface area contributed by atoms with Gasteiger partial charge in [-0.15, -0.1) is 4.91 Å². The molecule has 1 heterocycles. The number of rotatable bonds is 12. The predicted molar refractivity (Wildman–Crippen MR) is 106 cm³/mol. The smallest absolute Gasteiger partial charge is 0.220 e. The van der Waals surface area contributed by atoms with E-state index in [0.717, 1.165) is 31.4 Å². The lowest BCUT2D eigenvalue weighted by Gasteiger charge is -2.24. The molecule has 0 bridgehead atoms. The van der Waals surface area contributed by atoms with E-state index in [1.165, 1.54) is 7.11 Å². The first-order valence-electron chi connectivity index (χ1n) is 9.66. The molecule has 156 valence electrons. The molecule has 0 radical (unpaired) electrons. The molecule has 1 aromatic carbocycles. The number of benzene rings is 1. The second kappa shape index (κ2) is 12.3. The summed E-state index contributed by atoms with van der Waals surface area (Å²) >= 11 is 0. The van der Waals surface area contributed by atoms with E-state index >= 15 is 0 Å². The minimum atomic E-state index is -0.0670. The van der Waals surface area contributed by atoms with Gasteiger partial charge in [-0.2, -0.15) is 0 Å². The fourth-order valence-electron chi connectivity index (χ4n) is 2.93. The summed E-state index contributed by atoms with van der Waals surface area (Å²) in [6.45, 7) is 2.39. The van der Waals surface area contributed by atoms with Gasteiger partial charge in [-0.3, -0.25) is 10.1 Å². The third-order valence-corrected chi connectivity index (χ3v) is 4.44. The van der Waals surface area contributed by atoms with E-state index < -0.39 is 0 Å². The number of methoxy groups -OCH3 is 1. The van der Waals surface area contributed by atoms with E-state index in [0.29, 0.717) is 56.3 Å². The quantitative estimate of drug-likeness (QED) is 0.365. The maximum absolute atomic E-state index is 11.6. The molecular weight excluding hydrogens is 364 g/mol. The van der Waals surface area contributed by atoms with Crippen LogP contribution in [0.15, 0.2) is 17.3 Å². The van der Waals surface area contributed by atoms with E-state index in [1.807, 2.05) is 0 Å². The van der Waals surface area contributed by atoms with Crippen molar-refractivity contribution in [3.05, 3.63) is 22.6 Å². The first-order valence-corrected chi connectivity index (χ1v) is 9.66. The molecule has 1 aliphatic rings. The molecular formula is C19H30N4O5. The number of hydrogen-bond acceptors (Lipinski definition) is 8. The molecule has 1 unspecified atom stereocenters. The molecule has 0 aliphatic carbocycles. The Morgan fingerprint density at radius 2 is 2.21 bits per heavy atom. The predicted octanol–water partition coefficient (Wildman–Crippen LogP) is 1.94. The highest BCUT2D eigenvalue weighted by Gasteiger charge is 2.16. The summed E-state index contributed by atoms with van der Waals surface area (Å²) in [7, 11) is 1.54.